The number of hydrogen-bond acceptors (Lipinski definition) is 3. The molecule has 2 unspecified atom stereocenters. The Labute approximate surface area is 117 Å². The van der Waals surface area contributed by atoms with Crippen molar-refractivity contribution in [2.75, 3.05) is 19.8 Å². The lowest BCUT2D eigenvalue weighted by atomic mass is 10.1. The Bertz CT molecular complexity index is 269. The molecule has 0 bridgehead atoms. The molecule has 0 aromatic rings. The molecule has 2 atom stereocenters. The number of carbonyl (C=O) groups is 1. The van der Waals surface area contributed by atoms with Gasteiger partial charge < -0.3 is 9.64 Å². The smallest absolute Gasteiger partial charge is 0.241 e. The molecular formula is C15H30N2O2. The van der Waals surface area contributed by atoms with E-state index in [0.717, 1.165) is 32.3 Å². The van der Waals surface area contributed by atoms with Crippen LogP contribution in [-0.2, 0) is 9.53 Å². The monoisotopic (exact) mass is 270 g/mol. The van der Waals surface area contributed by atoms with E-state index in [-0.39, 0.29) is 18.1 Å². The molecule has 0 radical (unpaired) electrons. The van der Waals surface area contributed by atoms with Crippen LogP contribution in [0.4, 0.5) is 0 Å². The van der Waals surface area contributed by atoms with E-state index in [4.69, 9.17) is 4.74 Å². The Hall–Kier alpha value is -0.610. The van der Waals surface area contributed by atoms with Crippen molar-refractivity contribution >= 4 is 5.91 Å². The molecule has 1 saturated heterocycles. The average molecular weight is 270 g/mol. The number of carbonyl (C=O) groups excluding carboxylic acids is 1. The van der Waals surface area contributed by atoms with Gasteiger partial charge in [0.25, 0.3) is 0 Å². The van der Waals surface area contributed by atoms with Crippen LogP contribution in [-0.4, -0.2) is 42.8 Å². The second-order valence-corrected chi connectivity index (χ2v) is 5.77. The third-order valence-electron chi connectivity index (χ3n) is 3.57. The number of amides is 1. The van der Waals surface area contributed by atoms with Gasteiger partial charge in [-0.2, -0.15) is 0 Å². The summed E-state index contributed by atoms with van der Waals surface area (Å²) in [6.07, 6.45) is 4.31. The Morgan fingerprint density at radius 2 is 2.05 bits per heavy atom. The molecule has 0 saturated carbocycles. The second kappa shape index (κ2) is 8.54. The summed E-state index contributed by atoms with van der Waals surface area (Å²) in [6, 6.07) is -0.000563. The summed E-state index contributed by atoms with van der Waals surface area (Å²) in [5.74, 6) is 0.830. The van der Waals surface area contributed by atoms with Crippen molar-refractivity contribution in [2.24, 2.45) is 5.92 Å². The first-order chi connectivity index (χ1) is 9.10. The SMILES string of the molecule is CCCCOCCN1C(=O)C(CC)NC1CC(C)C. The molecule has 4 heteroatoms. The summed E-state index contributed by atoms with van der Waals surface area (Å²) >= 11 is 0. The highest BCUT2D eigenvalue weighted by atomic mass is 16.5. The van der Waals surface area contributed by atoms with Gasteiger partial charge in [0.1, 0.15) is 0 Å². The van der Waals surface area contributed by atoms with Crippen LogP contribution in [0.2, 0.25) is 0 Å². The topological polar surface area (TPSA) is 41.6 Å². The number of nitrogens with one attached hydrogen (secondary N) is 1. The van der Waals surface area contributed by atoms with Crippen LogP contribution < -0.4 is 5.32 Å². The third kappa shape index (κ3) is 5.11. The van der Waals surface area contributed by atoms with Gasteiger partial charge in [-0.3, -0.25) is 10.1 Å². The van der Waals surface area contributed by atoms with E-state index in [0.29, 0.717) is 19.1 Å². The summed E-state index contributed by atoms with van der Waals surface area (Å²) in [5.41, 5.74) is 0. The first-order valence-electron chi connectivity index (χ1n) is 7.74. The van der Waals surface area contributed by atoms with Crippen LogP contribution in [0.1, 0.15) is 53.4 Å². The molecule has 1 heterocycles. The standard InChI is InChI=1S/C15H30N2O2/c1-5-7-9-19-10-8-17-14(11-12(3)4)16-13(6-2)15(17)18/h12-14,16H,5-11H2,1-4H3. The Morgan fingerprint density at radius 3 is 2.63 bits per heavy atom. The maximum atomic E-state index is 12.3. The van der Waals surface area contributed by atoms with Crippen LogP contribution in [0.15, 0.2) is 0 Å². The lowest BCUT2D eigenvalue weighted by Crippen LogP contribution is -2.40. The molecule has 19 heavy (non-hydrogen) atoms. The number of nitrogens with zero attached hydrogens (tertiary/aromatic N) is 1. The maximum Gasteiger partial charge on any atom is 0.241 e. The molecule has 1 amide bonds. The van der Waals surface area contributed by atoms with E-state index in [1.165, 1.54) is 0 Å². The molecule has 1 N–H and O–H groups in total. The van der Waals surface area contributed by atoms with E-state index >= 15 is 0 Å². The highest BCUT2D eigenvalue weighted by Gasteiger charge is 2.37. The first kappa shape index (κ1) is 16.4. The zero-order chi connectivity index (χ0) is 14.3. The Morgan fingerprint density at radius 1 is 1.32 bits per heavy atom. The summed E-state index contributed by atoms with van der Waals surface area (Å²) in [4.78, 5) is 14.2. The quantitative estimate of drug-likeness (QED) is 0.654. The molecular weight excluding hydrogens is 240 g/mol. The van der Waals surface area contributed by atoms with Crippen LogP contribution >= 0.6 is 0 Å². The Balaban J connectivity index is 2.43. The van der Waals surface area contributed by atoms with Crippen LogP contribution in [0, 0.1) is 5.92 Å². The molecule has 4 nitrogen and oxygen atoms in total. The largest absolute Gasteiger partial charge is 0.380 e. The first-order valence-corrected chi connectivity index (χ1v) is 7.74. The van der Waals surface area contributed by atoms with Crippen molar-refractivity contribution in [2.45, 2.75) is 65.6 Å². The van der Waals surface area contributed by atoms with Gasteiger partial charge in [-0.25, -0.2) is 0 Å². The Kier molecular flexibility index (Phi) is 7.39. The fourth-order valence-corrected chi connectivity index (χ4v) is 2.46. The minimum Gasteiger partial charge on any atom is -0.380 e. The molecule has 0 aromatic carbocycles. The fourth-order valence-electron chi connectivity index (χ4n) is 2.46. The molecule has 112 valence electrons. The highest BCUT2D eigenvalue weighted by molar-refractivity contribution is 5.84. The van der Waals surface area contributed by atoms with Crippen molar-refractivity contribution in [3.05, 3.63) is 0 Å². The highest BCUT2D eigenvalue weighted by Crippen LogP contribution is 2.18. The fraction of sp³-hybridized carbons (Fsp3) is 0.933. The molecule has 1 aliphatic rings. The molecule has 1 rings (SSSR count). The molecule has 1 fully saturated rings. The summed E-state index contributed by atoms with van der Waals surface area (Å²) < 4.78 is 5.58. The zero-order valence-corrected chi connectivity index (χ0v) is 12.9. The van der Waals surface area contributed by atoms with E-state index in [2.05, 4.69) is 33.0 Å². The van der Waals surface area contributed by atoms with E-state index in [1.54, 1.807) is 0 Å². The normalized spacial score (nSPS) is 23.6. The number of rotatable bonds is 9. The predicted octanol–water partition coefficient (Wildman–Crippen LogP) is 2.39. The van der Waals surface area contributed by atoms with Crippen molar-refractivity contribution < 1.29 is 9.53 Å². The van der Waals surface area contributed by atoms with Gasteiger partial charge in [-0.05, 0) is 25.2 Å². The number of unbranched alkanes of at least 4 members (excludes halogenated alkanes) is 1. The van der Waals surface area contributed by atoms with Crippen LogP contribution in [0.3, 0.4) is 0 Å². The van der Waals surface area contributed by atoms with Gasteiger partial charge in [0.05, 0.1) is 18.8 Å². The van der Waals surface area contributed by atoms with Crippen LogP contribution in [0.25, 0.3) is 0 Å². The second-order valence-electron chi connectivity index (χ2n) is 5.77. The third-order valence-corrected chi connectivity index (χ3v) is 3.57. The van der Waals surface area contributed by atoms with E-state index in [9.17, 15) is 4.79 Å². The van der Waals surface area contributed by atoms with Gasteiger partial charge in [0.15, 0.2) is 0 Å². The van der Waals surface area contributed by atoms with Gasteiger partial charge in [-0.1, -0.05) is 34.1 Å². The number of hydrogen-bond donors (Lipinski definition) is 1. The van der Waals surface area contributed by atoms with Gasteiger partial charge in [0.2, 0.25) is 5.91 Å². The zero-order valence-electron chi connectivity index (χ0n) is 12.9. The lowest BCUT2D eigenvalue weighted by molar-refractivity contribution is -0.131. The molecule has 0 spiro atoms. The van der Waals surface area contributed by atoms with Gasteiger partial charge in [-0.15, -0.1) is 0 Å². The predicted molar refractivity (Wildman–Crippen MR) is 77.9 cm³/mol. The van der Waals surface area contributed by atoms with Crippen molar-refractivity contribution in [3.63, 3.8) is 0 Å². The molecule has 1 aliphatic heterocycles. The van der Waals surface area contributed by atoms with E-state index in [1.807, 2.05) is 4.90 Å². The van der Waals surface area contributed by atoms with Crippen molar-refractivity contribution in [1.82, 2.24) is 10.2 Å². The minimum absolute atomic E-state index is 0.000563. The van der Waals surface area contributed by atoms with Gasteiger partial charge in [0, 0.05) is 13.2 Å². The van der Waals surface area contributed by atoms with Crippen LogP contribution in [0.5, 0.6) is 0 Å². The number of ether oxygens (including phenoxy) is 1. The summed E-state index contributed by atoms with van der Waals surface area (Å²) in [7, 11) is 0. The van der Waals surface area contributed by atoms with E-state index < -0.39 is 0 Å². The average Bonchev–Trinajstić information content (AvgIpc) is 2.65. The summed E-state index contributed by atoms with van der Waals surface area (Å²) in [5, 5.41) is 3.44. The molecule has 0 aromatic heterocycles. The van der Waals surface area contributed by atoms with Gasteiger partial charge >= 0.3 is 0 Å². The van der Waals surface area contributed by atoms with Crippen molar-refractivity contribution in [1.29, 1.82) is 0 Å². The minimum atomic E-state index is -0.000563. The maximum absolute atomic E-state index is 12.3. The van der Waals surface area contributed by atoms with Crippen molar-refractivity contribution in [3.8, 4) is 0 Å². The lowest BCUT2D eigenvalue weighted by Gasteiger charge is -2.25. The molecule has 0 aliphatic carbocycles. The summed E-state index contributed by atoms with van der Waals surface area (Å²) in [6.45, 7) is 10.8.